The van der Waals surface area contributed by atoms with Gasteiger partial charge in [0.1, 0.15) is 0 Å². The highest BCUT2D eigenvalue weighted by atomic mass is 32.1. The van der Waals surface area contributed by atoms with E-state index in [2.05, 4.69) is 19.1 Å². The molecule has 3 atom stereocenters. The van der Waals surface area contributed by atoms with Gasteiger partial charge < -0.3 is 5.11 Å². The third kappa shape index (κ3) is 1.72. The molecule has 0 spiro atoms. The van der Waals surface area contributed by atoms with Crippen LogP contribution in [0.25, 0.3) is 0 Å². The van der Waals surface area contributed by atoms with Gasteiger partial charge in [0.05, 0.1) is 5.60 Å². The van der Waals surface area contributed by atoms with Crippen molar-refractivity contribution < 1.29 is 5.11 Å². The molecule has 3 unspecified atom stereocenters. The highest BCUT2D eigenvalue weighted by Crippen LogP contribution is 2.52. The Kier molecular flexibility index (Phi) is 2.60. The fourth-order valence-corrected chi connectivity index (χ4v) is 4.72. The average Bonchev–Trinajstić information content (AvgIpc) is 2.92. The molecule has 0 aromatic carbocycles. The number of fused-ring (bicyclic) bond motifs is 2. The normalized spacial score (nSPS) is 37.1. The highest BCUT2D eigenvalue weighted by molar-refractivity contribution is 7.12. The summed E-state index contributed by atoms with van der Waals surface area (Å²) in [6.45, 7) is 2.20. The summed E-state index contributed by atoms with van der Waals surface area (Å²) >= 11 is 1.89. The Morgan fingerprint density at radius 1 is 1.38 bits per heavy atom. The van der Waals surface area contributed by atoms with Gasteiger partial charge in [0.2, 0.25) is 0 Å². The molecule has 1 nitrogen and oxygen atoms in total. The smallest absolute Gasteiger partial charge is 0.0726 e. The second kappa shape index (κ2) is 3.85. The van der Waals surface area contributed by atoms with E-state index in [0.717, 1.165) is 25.2 Å². The predicted octanol–water partition coefficient (Wildman–Crippen LogP) is 3.40. The van der Waals surface area contributed by atoms with Crippen molar-refractivity contribution in [3.05, 3.63) is 21.9 Å². The number of hydrogen-bond acceptors (Lipinski definition) is 2. The maximum atomic E-state index is 10.7. The fraction of sp³-hybridized carbons (Fsp3) is 0.714. The maximum Gasteiger partial charge on any atom is 0.0726 e. The average molecular weight is 236 g/mol. The maximum absolute atomic E-state index is 10.7. The summed E-state index contributed by atoms with van der Waals surface area (Å²) in [5.74, 6) is 1.41. The minimum absolute atomic E-state index is 0.362. The van der Waals surface area contributed by atoms with Gasteiger partial charge in [-0.3, -0.25) is 0 Å². The van der Waals surface area contributed by atoms with Crippen LogP contribution in [0.2, 0.25) is 0 Å². The number of aryl methyl sites for hydroxylation is 1. The summed E-state index contributed by atoms with van der Waals surface area (Å²) in [5, 5.41) is 10.7. The van der Waals surface area contributed by atoms with Crippen molar-refractivity contribution in [1.29, 1.82) is 0 Å². The van der Waals surface area contributed by atoms with Gasteiger partial charge in [0.15, 0.2) is 0 Å². The van der Waals surface area contributed by atoms with Gasteiger partial charge in [0.25, 0.3) is 0 Å². The second-order valence-electron chi connectivity index (χ2n) is 5.58. The molecule has 0 saturated heterocycles. The van der Waals surface area contributed by atoms with Gasteiger partial charge in [-0.1, -0.05) is 6.92 Å². The van der Waals surface area contributed by atoms with Crippen LogP contribution in [-0.2, 0) is 12.8 Å². The molecule has 1 heterocycles. The van der Waals surface area contributed by atoms with Crippen molar-refractivity contribution in [2.45, 2.75) is 51.0 Å². The summed E-state index contributed by atoms with van der Waals surface area (Å²) in [6.07, 6.45) is 6.97. The molecule has 2 aliphatic rings. The van der Waals surface area contributed by atoms with E-state index in [9.17, 15) is 5.11 Å². The summed E-state index contributed by atoms with van der Waals surface area (Å²) in [4.78, 5) is 2.83. The molecule has 2 aliphatic carbocycles. The molecule has 0 aliphatic heterocycles. The van der Waals surface area contributed by atoms with E-state index in [1.165, 1.54) is 29.0 Å². The minimum Gasteiger partial charge on any atom is -0.389 e. The lowest BCUT2D eigenvalue weighted by Gasteiger charge is -2.32. The molecule has 3 rings (SSSR count). The van der Waals surface area contributed by atoms with E-state index in [0.29, 0.717) is 5.92 Å². The van der Waals surface area contributed by atoms with Crippen LogP contribution >= 0.6 is 11.3 Å². The lowest BCUT2D eigenvalue weighted by molar-refractivity contribution is -0.0118. The Morgan fingerprint density at radius 2 is 2.19 bits per heavy atom. The molecule has 0 radical (unpaired) electrons. The van der Waals surface area contributed by atoms with Gasteiger partial charge in [-0.2, -0.15) is 0 Å². The first kappa shape index (κ1) is 10.8. The molecular formula is C14H20OS. The molecule has 1 aromatic heterocycles. The molecule has 2 saturated carbocycles. The van der Waals surface area contributed by atoms with Crippen LogP contribution in [-0.4, -0.2) is 10.7 Å². The molecule has 1 aromatic rings. The largest absolute Gasteiger partial charge is 0.389 e. The Bertz CT molecular complexity index is 384. The Morgan fingerprint density at radius 3 is 2.75 bits per heavy atom. The van der Waals surface area contributed by atoms with Crippen LogP contribution in [0.1, 0.15) is 42.4 Å². The predicted molar refractivity (Wildman–Crippen MR) is 67.8 cm³/mol. The number of hydrogen-bond donors (Lipinski definition) is 1. The van der Waals surface area contributed by atoms with Crippen LogP contribution in [0.4, 0.5) is 0 Å². The second-order valence-corrected chi connectivity index (χ2v) is 6.83. The van der Waals surface area contributed by atoms with Crippen LogP contribution in [0, 0.1) is 11.8 Å². The zero-order valence-electron chi connectivity index (χ0n) is 9.91. The highest BCUT2D eigenvalue weighted by Gasteiger charge is 2.49. The molecule has 1 N–H and O–H groups in total. The van der Waals surface area contributed by atoms with Crippen molar-refractivity contribution in [3.63, 3.8) is 0 Å². The number of rotatable bonds is 3. The monoisotopic (exact) mass is 236 g/mol. The lowest BCUT2D eigenvalue weighted by Crippen LogP contribution is -2.37. The third-order valence-corrected chi connectivity index (χ3v) is 5.72. The van der Waals surface area contributed by atoms with Crippen molar-refractivity contribution in [3.8, 4) is 0 Å². The van der Waals surface area contributed by atoms with Crippen LogP contribution < -0.4 is 0 Å². The van der Waals surface area contributed by atoms with Crippen molar-refractivity contribution in [2.24, 2.45) is 11.8 Å². The summed E-state index contributed by atoms with van der Waals surface area (Å²) < 4.78 is 0. The standard InChI is InChI=1S/C14H20OS/c1-2-12-5-6-13(16-12)9-14(15)8-10-3-4-11(14)7-10/h5-6,10-11,15H,2-4,7-9H2,1H3. The third-order valence-electron chi connectivity index (χ3n) is 4.49. The summed E-state index contributed by atoms with van der Waals surface area (Å²) in [7, 11) is 0. The van der Waals surface area contributed by atoms with E-state index in [-0.39, 0.29) is 5.60 Å². The molecule has 0 amide bonds. The molecule has 2 bridgehead atoms. The van der Waals surface area contributed by atoms with Gasteiger partial charge in [-0.05, 0) is 56.1 Å². The minimum atomic E-state index is -0.362. The summed E-state index contributed by atoms with van der Waals surface area (Å²) in [5.41, 5.74) is -0.362. The lowest BCUT2D eigenvalue weighted by atomic mass is 9.81. The summed E-state index contributed by atoms with van der Waals surface area (Å²) in [6, 6.07) is 4.43. The first-order valence-corrected chi connectivity index (χ1v) is 7.31. The van der Waals surface area contributed by atoms with Crippen LogP contribution in [0.15, 0.2) is 12.1 Å². The van der Waals surface area contributed by atoms with Gasteiger partial charge >= 0.3 is 0 Å². The first-order chi connectivity index (χ1) is 7.69. The molecule has 2 heteroatoms. The zero-order valence-corrected chi connectivity index (χ0v) is 10.7. The van der Waals surface area contributed by atoms with Gasteiger partial charge in [-0.15, -0.1) is 11.3 Å². The SMILES string of the molecule is CCc1ccc(CC2(O)CC3CCC2C3)s1. The fourth-order valence-electron chi connectivity index (χ4n) is 3.64. The van der Waals surface area contributed by atoms with E-state index >= 15 is 0 Å². The van der Waals surface area contributed by atoms with Gasteiger partial charge in [-0.25, -0.2) is 0 Å². The van der Waals surface area contributed by atoms with E-state index in [1.807, 2.05) is 11.3 Å². The topological polar surface area (TPSA) is 20.2 Å². The van der Waals surface area contributed by atoms with Crippen LogP contribution in [0.3, 0.4) is 0 Å². The van der Waals surface area contributed by atoms with Crippen LogP contribution in [0.5, 0.6) is 0 Å². The van der Waals surface area contributed by atoms with Crippen molar-refractivity contribution in [1.82, 2.24) is 0 Å². The van der Waals surface area contributed by atoms with E-state index in [4.69, 9.17) is 0 Å². The Hall–Kier alpha value is -0.340. The first-order valence-electron chi connectivity index (χ1n) is 6.49. The molecule has 2 fully saturated rings. The van der Waals surface area contributed by atoms with Crippen molar-refractivity contribution >= 4 is 11.3 Å². The van der Waals surface area contributed by atoms with Crippen molar-refractivity contribution in [2.75, 3.05) is 0 Å². The molecule has 88 valence electrons. The molecule has 16 heavy (non-hydrogen) atoms. The Labute approximate surface area is 102 Å². The quantitative estimate of drug-likeness (QED) is 0.852. The van der Waals surface area contributed by atoms with Gasteiger partial charge in [0, 0.05) is 16.2 Å². The number of aliphatic hydroxyl groups is 1. The van der Waals surface area contributed by atoms with E-state index < -0.39 is 0 Å². The number of thiophene rings is 1. The molecular weight excluding hydrogens is 216 g/mol. The Balaban J connectivity index is 1.74. The van der Waals surface area contributed by atoms with E-state index in [1.54, 1.807) is 0 Å². The zero-order chi connectivity index (χ0) is 11.2.